The van der Waals surface area contributed by atoms with Crippen molar-refractivity contribution in [2.75, 3.05) is 6.61 Å². The van der Waals surface area contributed by atoms with Crippen LogP contribution in [-0.2, 0) is 11.3 Å². The first kappa shape index (κ1) is 19.5. The molecule has 30 heavy (non-hydrogen) atoms. The Morgan fingerprint density at radius 3 is 2.17 bits per heavy atom. The molecule has 0 aromatic heterocycles. The van der Waals surface area contributed by atoms with E-state index < -0.39 is 23.8 Å². The van der Waals surface area contributed by atoms with Gasteiger partial charge in [-0.25, -0.2) is 4.79 Å². The van der Waals surface area contributed by atoms with Gasteiger partial charge in [-0.3, -0.25) is 14.5 Å². The number of amides is 2. The molecule has 6 heteroatoms. The van der Waals surface area contributed by atoms with Gasteiger partial charge in [-0.2, -0.15) is 0 Å². The van der Waals surface area contributed by atoms with E-state index in [9.17, 15) is 19.5 Å². The Hall–Kier alpha value is -3.77. The smallest absolute Gasteiger partial charge is 0.335 e. The van der Waals surface area contributed by atoms with E-state index in [1.54, 1.807) is 0 Å². The second-order valence-corrected chi connectivity index (χ2v) is 6.97. The lowest BCUT2D eigenvalue weighted by Gasteiger charge is -2.26. The van der Waals surface area contributed by atoms with Crippen LogP contribution in [0.4, 0.5) is 0 Å². The summed E-state index contributed by atoms with van der Waals surface area (Å²) in [5, 5.41) is 9.22. The molecule has 1 aliphatic rings. The first-order valence-electron chi connectivity index (χ1n) is 9.48. The number of aromatic carboxylic acids is 1. The standard InChI is InChI=1S/C24H19NO5/c26-22-19-12-11-18(24(28)29)13-20(19)23(27)25(22)21(17-9-5-2-6-10-17)15-30-14-16-7-3-1-4-8-16/h1-13,21H,14-15H2,(H,28,29)/t21-/m0/s1. The number of ether oxygens (including phenoxy) is 1. The SMILES string of the molecule is O=C(O)c1ccc2c(c1)C(=O)N([C@@H](COCc1ccccc1)c1ccccc1)C2=O. The molecule has 0 aliphatic carbocycles. The molecule has 1 heterocycles. The van der Waals surface area contributed by atoms with Crippen molar-refractivity contribution in [3.05, 3.63) is 107 Å². The van der Waals surface area contributed by atoms with E-state index in [0.717, 1.165) is 16.0 Å². The van der Waals surface area contributed by atoms with Crippen LogP contribution in [0.25, 0.3) is 0 Å². The number of carbonyl (C=O) groups excluding carboxylic acids is 2. The molecule has 4 rings (SSSR count). The maximum Gasteiger partial charge on any atom is 0.335 e. The minimum absolute atomic E-state index is 0.0339. The molecule has 0 unspecified atom stereocenters. The monoisotopic (exact) mass is 401 g/mol. The van der Waals surface area contributed by atoms with E-state index in [1.807, 2.05) is 60.7 Å². The van der Waals surface area contributed by atoms with Crippen LogP contribution in [0.5, 0.6) is 0 Å². The summed E-state index contributed by atoms with van der Waals surface area (Å²) in [6.45, 7) is 0.465. The molecule has 0 bridgehead atoms. The average Bonchev–Trinajstić information content (AvgIpc) is 3.02. The lowest BCUT2D eigenvalue weighted by molar-refractivity contribution is 0.0359. The summed E-state index contributed by atoms with van der Waals surface area (Å²) in [7, 11) is 0. The summed E-state index contributed by atoms with van der Waals surface area (Å²) >= 11 is 0. The molecule has 0 saturated heterocycles. The second kappa shape index (κ2) is 8.31. The third-order valence-corrected chi connectivity index (χ3v) is 5.05. The van der Waals surface area contributed by atoms with Gasteiger partial charge in [0.15, 0.2) is 0 Å². The van der Waals surface area contributed by atoms with Crippen molar-refractivity contribution in [2.24, 2.45) is 0 Å². The van der Waals surface area contributed by atoms with Crippen LogP contribution >= 0.6 is 0 Å². The number of carboxylic acids is 1. The normalized spacial score (nSPS) is 13.9. The Morgan fingerprint density at radius 2 is 1.50 bits per heavy atom. The molecule has 1 atom stereocenters. The highest BCUT2D eigenvalue weighted by molar-refractivity contribution is 6.22. The molecule has 3 aromatic carbocycles. The van der Waals surface area contributed by atoms with E-state index in [2.05, 4.69) is 0 Å². The van der Waals surface area contributed by atoms with Crippen molar-refractivity contribution >= 4 is 17.8 Å². The number of carboxylic acid groups (broad SMARTS) is 1. The van der Waals surface area contributed by atoms with Gasteiger partial charge < -0.3 is 9.84 Å². The number of carbonyl (C=O) groups is 3. The van der Waals surface area contributed by atoms with Crippen LogP contribution in [0.2, 0.25) is 0 Å². The van der Waals surface area contributed by atoms with Crippen LogP contribution in [-0.4, -0.2) is 34.4 Å². The van der Waals surface area contributed by atoms with Crippen molar-refractivity contribution in [1.29, 1.82) is 0 Å². The molecular weight excluding hydrogens is 382 g/mol. The molecule has 0 saturated carbocycles. The summed E-state index contributed by atoms with van der Waals surface area (Å²) in [5.74, 6) is -2.12. The summed E-state index contributed by atoms with van der Waals surface area (Å²) in [6.07, 6.45) is 0. The van der Waals surface area contributed by atoms with Crippen LogP contribution < -0.4 is 0 Å². The summed E-state index contributed by atoms with van der Waals surface area (Å²) < 4.78 is 5.87. The molecule has 2 amide bonds. The minimum atomic E-state index is -1.15. The van der Waals surface area contributed by atoms with Gasteiger partial charge in [0.05, 0.1) is 35.9 Å². The zero-order valence-electron chi connectivity index (χ0n) is 16.0. The zero-order chi connectivity index (χ0) is 21.1. The van der Waals surface area contributed by atoms with Gasteiger partial charge in [-0.1, -0.05) is 60.7 Å². The molecule has 1 N–H and O–H groups in total. The van der Waals surface area contributed by atoms with Gasteiger partial charge >= 0.3 is 5.97 Å². The lowest BCUT2D eigenvalue weighted by Crippen LogP contribution is -2.36. The Morgan fingerprint density at radius 1 is 0.867 bits per heavy atom. The maximum atomic E-state index is 13.1. The van der Waals surface area contributed by atoms with Crippen molar-refractivity contribution in [2.45, 2.75) is 12.6 Å². The highest BCUT2D eigenvalue weighted by Gasteiger charge is 2.41. The van der Waals surface area contributed by atoms with Crippen LogP contribution in [0.1, 0.15) is 48.2 Å². The van der Waals surface area contributed by atoms with Gasteiger partial charge in [-0.15, -0.1) is 0 Å². The fraction of sp³-hybridized carbons (Fsp3) is 0.125. The molecule has 0 spiro atoms. The second-order valence-electron chi connectivity index (χ2n) is 6.97. The molecule has 150 valence electrons. The zero-order valence-corrected chi connectivity index (χ0v) is 16.0. The predicted molar refractivity (Wildman–Crippen MR) is 109 cm³/mol. The third-order valence-electron chi connectivity index (χ3n) is 5.05. The van der Waals surface area contributed by atoms with E-state index in [1.165, 1.54) is 18.2 Å². The Balaban J connectivity index is 1.62. The van der Waals surface area contributed by atoms with E-state index >= 15 is 0 Å². The van der Waals surface area contributed by atoms with Gasteiger partial charge in [0.25, 0.3) is 11.8 Å². The van der Waals surface area contributed by atoms with Gasteiger partial charge in [0.2, 0.25) is 0 Å². The molecule has 0 radical (unpaired) electrons. The van der Waals surface area contributed by atoms with Crippen LogP contribution in [0.3, 0.4) is 0 Å². The number of nitrogens with zero attached hydrogens (tertiary/aromatic N) is 1. The van der Waals surface area contributed by atoms with Crippen molar-refractivity contribution in [3.63, 3.8) is 0 Å². The number of hydrogen-bond acceptors (Lipinski definition) is 4. The summed E-state index contributed by atoms with van der Waals surface area (Å²) in [5.41, 5.74) is 2.02. The maximum absolute atomic E-state index is 13.1. The Labute approximate surface area is 173 Å². The van der Waals surface area contributed by atoms with E-state index in [0.29, 0.717) is 6.61 Å². The number of rotatable bonds is 7. The predicted octanol–water partition coefficient (Wildman–Crippen LogP) is 3.94. The van der Waals surface area contributed by atoms with E-state index in [4.69, 9.17) is 4.74 Å². The fourth-order valence-corrected chi connectivity index (χ4v) is 3.53. The van der Waals surface area contributed by atoms with Gasteiger partial charge in [0.1, 0.15) is 0 Å². The number of benzene rings is 3. The average molecular weight is 401 g/mol. The van der Waals surface area contributed by atoms with Crippen LogP contribution in [0.15, 0.2) is 78.9 Å². The number of imide groups is 1. The number of fused-ring (bicyclic) bond motifs is 1. The topological polar surface area (TPSA) is 83.9 Å². The minimum Gasteiger partial charge on any atom is -0.478 e. The van der Waals surface area contributed by atoms with Gasteiger partial charge in [-0.05, 0) is 29.3 Å². The molecule has 1 aliphatic heterocycles. The Bertz CT molecular complexity index is 1100. The number of hydrogen-bond donors (Lipinski definition) is 1. The van der Waals surface area contributed by atoms with Gasteiger partial charge in [0, 0.05) is 0 Å². The molecule has 3 aromatic rings. The van der Waals surface area contributed by atoms with E-state index in [-0.39, 0.29) is 23.3 Å². The largest absolute Gasteiger partial charge is 0.478 e. The first-order valence-corrected chi connectivity index (χ1v) is 9.48. The van der Waals surface area contributed by atoms with Crippen molar-refractivity contribution < 1.29 is 24.2 Å². The van der Waals surface area contributed by atoms with Crippen LogP contribution in [0, 0.1) is 0 Å². The summed E-state index contributed by atoms with van der Waals surface area (Å²) in [4.78, 5) is 38.6. The summed E-state index contributed by atoms with van der Waals surface area (Å²) in [6, 6.07) is 22.2. The molecule has 0 fully saturated rings. The first-order chi connectivity index (χ1) is 14.6. The molecule has 6 nitrogen and oxygen atoms in total. The molecular formula is C24H19NO5. The van der Waals surface area contributed by atoms with Crippen molar-refractivity contribution in [1.82, 2.24) is 4.90 Å². The lowest BCUT2D eigenvalue weighted by atomic mass is 10.1. The van der Waals surface area contributed by atoms with Crippen molar-refractivity contribution in [3.8, 4) is 0 Å². The quantitative estimate of drug-likeness (QED) is 0.606. The Kier molecular flexibility index (Phi) is 5.41. The highest BCUT2D eigenvalue weighted by atomic mass is 16.5. The highest BCUT2D eigenvalue weighted by Crippen LogP contribution is 2.32. The fourth-order valence-electron chi connectivity index (χ4n) is 3.53. The third kappa shape index (κ3) is 3.73.